The van der Waals surface area contributed by atoms with E-state index in [1.165, 1.54) is 31.4 Å². The Labute approximate surface area is 529 Å². The van der Waals surface area contributed by atoms with Crippen molar-refractivity contribution in [2.75, 3.05) is 65.0 Å². The molecule has 3 fully saturated rings. The number of halogens is 5. The van der Waals surface area contributed by atoms with Crippen LogP contribution in [-0.2, 0) is 45.8 Å². The second-order valence-corrected chi connectivity index (χ2v) is 27.9. The van der Waals surface area contributed by atoms with Gasteiger partial charge in [-0.2, -0.15) is 22.0 Å². The molecule has 1 unspecified atom stereocenters. The van der Waals surface area contributed by atoms with Gasteiger partial charge in [-0.25, -0.2) is 9.59 Å². The number of rotatable bonds is 22. The summed E-state index contributed by atoms with van der Waals surface area (Å²) in [5.74, 6) is -4.99. The number of nitrogens with two attached hydrogens (primary N) is 1. The smallest absolute Gasteiger partial charge is 0.439 e. The van der Waals surface area contributed by atoms with Crippen LogP contribution in [0, 0.1) is 35.0 Å². The molecule has 2 bridgehead atoms. The highest BCUT2D eigenvalue weighted by atomic mass is 32.2. The van der Waals surface area contributed by atoms with Crippen molar-refractivity contribution in [3.8, 4) is 5.75 Å². The van der Waals surface area contributed by atoms with Crippen LogP contribution in [-0.4, -0.2) is 161 Å². The van der Waals surface area contributed by atoms with Crippen molar-refractivity contribution in [3.63, 3.8) is 0 Å². The Balaban J connectivity index is 0.924. The predicted molar refractivity (Wildman–Crippen MR) is 333 cm³/mol. The second kappa shape index (κ2) is 32.5. The zero-order valence-electron chi connectivity index (χ0n) is 53.4. The number of piperazine rings is 1. The number of methoxy groups -OCH3 is 2. The second-order valence-electron chi connectivity index (χ2n) is 26.2. The van der Waals surface area contributed by atoms with Gasteiger partial charge in [0.25, 0.3) is 5.91 Å². The summed E-state index contributed by atoms with van der Waals surface area (Å²) in [7, 11) is 1.47. The number of benzene rings is 1. The number of allylic oxidation sites excluding steroid dienone is 4. The number of fused-ring (bicyclic) bond motifs is 7. The number of carbonyl (C=O) groups is 5. The summed E-state index contributed by atoms with van der Waals surface area (Å²) in [5, 5.41) is 28.7. The summed E-state index contributed by atoms with van der Waals surface area (Å²) in [6.07, 6.45) is 7.31. The number of aliphatic hydroxyl groups is 2. The monoisotopic (exact) mass is 1290 g/mol. The summed E-state index contributed by atoms with van der Waals surface area (Å²) >= 11 is 0. The molecule has 2 aliphatic heterocycles. The van der Waals surface area contributed by atoms with Gasteiger partial charge in [-0.1, -0.05) is 89.7 Å². The Morgan fingerprint density at radius 1 is 0.900 bits per heavy atom. The third kappa shape index (κ3) is 18.5. The third-order valence-corrected chi connectivity index (χ3v) is 21.4. The lowest BCUT2D eigenvalue weighted by Crippen LogP contribution is -2.51. The first-order valence-corrected chi connectivity index (χ1v) is 33.8. The highest BCUT2D eigenvalue weighted by molar-refractivity contribution is 7.84. The fourth-order valence-corrected chi connectivity index (χ4v) is 16.0. The van der Waals surface area contributed by atoms with Gasteiger partial charge >= 0.3 is 24.3 Å². The van der Waals surface area contributed by atoms with E-state index in [2.05, 4.69) is 28.5 Å². The topological polar surface area (TPSA) is 236 Å². The van der Waals surface area contributed by atoms with Crippen LogP contribution in [0.5, 0.6) is 5.75 Å². The molecule has 13 atom stereocenters. The quantitative estimate of drug-likeness (QED) is 0.0314. The number of primary amides is 1. The van der Waals surface area contributed by atoms with Crippen molar-refractivity contribution < 1.29 is 79.3 Å². The number of unbranched alkanes of at least 4 members (excludes halogenated alkanes) is 6. The fourth-order valence-electron chi connectivity index (χ4n) is 14.8. The van der Waals surface area contributed by atoms with Gasteiger partial charge in [-0.3, -0.25) is 23.5 Å². The van der Waals surface area contributed by atoms with Crippen molar-refractivity contribution >= 4 is 40.5 Å². The summed E-state index contributed by atoms with van der Waals surface area (Å²) in [4.78, 5) is 71.5. The Morgan fingerprint density at radius 3 is 2.27 bits per heavy atom. The molecule has 2 saturated carbocycles. The van der Waals surface area contributed by atoms with Gasteiger partial charge in [-0.05, 0) is 142 Å². The average Bonchev–Trinajstić information content (AvgIpc) is 1.39. The van der Waals surface area contributed by atoms with Crippen LogP contribution in [0.25, 0.3) is 0 Å². The van der Waals surface area contributed by atoms with Gasteiger partial charge in [0, 0.05) is 105 Å². The summed E-state index contributed by atoms with van der Waals surface area (Å²) in [6, 6.07) is 6.10. The zero-order chi connectivity index (χ0) is 65.7. The number of carbonyl (C=O) groups excluding carboxylic acids is 5. The maximum Gasteiger partial charge on any atom is 0.453 e. The number of alkyl halides is 5. The Kier molecular flexibility index (Phi) is 26.0. The van der Waals surface area contributed by atoms with E-state index in [-0.39, 0.29) is 65.1 Å². The number of aliphatic hydroxyl groups excluding tert-OH is 2. The maximum atomic E-state index is 14.3. The SMILES string of the molecule is CO[C@H]1/C=C\C=C(/C)C(=O)NC2=CC(=O)C(NCCN3CCN(C(=O)Oc4ccc5c(c4)C[C@@H](CCCCCCCCCS(=O)CCCC(F)(F)C(F)(F)F)[C@@H]4[C@@H]5CC[C@]5(C)[C@@H](O)CC[C@@H]45)CC3)=C(C[C@@H](C)C[C@H](OC)[C@@H](O)[C@@H](C)/C=C(\C)[C@@H]1OC(N)=O)C2=O. The molecule has 1 saturated heterocycles. The van der Waals surface area contributed by atoms with E-state index in [9.17, 15) is 60.3 Å². The largest absolute Gasteiger partial charge is 0.453 e. The first-order chi connectivity index (χ1) is 42.7. The molecule has 23 heteroatoms. The zero-order valence-corrected chi connectivity index (χ0v) is 54.2. The molecule has 6 N–H and O–H groups in total. The van der Waals surface area contributed by atoms with E-state index in [4.69, 9.17) is 24.7 Å². The van der Waals surface area contributed by atoms with Gasteiger partial charge in [0.1, 0.15) is 11.9 Å². The van der Waals surface area contributed by atoms with Crippen molar-refractivity contribution in [3.05, 3.63) is 87.8 Å². The average molecular weight is 1290 g/mol. The first kappa shape index (κ1) is 72.1. The molecule has 0 aromatic heterocycles. The third-order valence-electron chi connectivity index (χ3n) is 19.9. The fraction of sp³-hybridized carbons (Fsp3) is 0.687. The van der Waals surface area contributed by atoms with Crippen molar-refractivity contribution in [1.82, 2.24) is 20.4 Å². The standard InChI is InChI=1S/C67H96F5N5O12S/c1-41-35-50-58(53(78)40-52(60(50)81)75-62(82)42(2)17-15-19-54(86-6)61(89-63(73)83)44(4)37-43(3)59(80)55(36-41)87-7)74-27-28-76-29-31-77(32-30-76)64(84)88-47-20-21-48-46(39-47)38-45(57-49(48)24-26-65(5)51(57)22-23-56(65)79)18-13-11-9-8-10-12-14-33-90(85)34-16-25-66(68,69)67(70,71)72/h15,17,19-21,37,39-41,43,45,49,51,54-57,59,61,74,79-80H,8-14,16,18,22-36,38H2,1-7H3,(H2,73,83)(H,75,82)/b19-15-,42-17+,44-37+/t41-,43+,45-,49-,51+,54+,55+,56+,57-,59+,61+,65+,90?/m1/s1. The lowest BCUT2D eigenvalue weighted by molar-refractivity contribution is -0.284. The highest BCUT2D eigenvalue weighted by Crippen LogP contribution is 2.63. The Morgan fingerprint density at radius 2 is 1.59 bits per heavy atom. The molecule has 6 aliphatic rings. The van der Waals surface area contributed by atoms with Crippen LogP contribution in [0.1, 0.15) is 154 Å². The molecule has 1 aromatic rings. The Hall–Kier alpha value is -5.33. The number of amides is 3. The van der Waals surface area contributed by atoms with Gasteiger partial charge in [0.05, 0.1) is 29.7 Å². The van der Waals surface area contributed by atoms with Crippen LogP contribution in [0.3, 0.4) is 0 Å². The molecule has 0 radical (unpaired) electrons. The molecule has 90 heavy (non-hydrogen) atoms. The minimum atomic E-state index is -5.59. The van der Waals surface area contributed by atoms with E-state index >= 15 is 0 Å². The van der Waals surface area contributed by atoms with Gasteiger partial charge in [-0.15, -0.1) is 0 Å². The summed E-state index contributed by atoms with van der Waals surface area (Å²) in [6.45, 7) is 11.9. The van der Waals surface area contributed by atoms with Gasteiger partial charge in [0.15, 0.2) is 6.10 Å². The molecule has 1 aromatic carbocycles. The Bertz CT molecular complexity index is 2870. The van der Waals surface area contributed by atoms with Crippen molar-refractivity contribution in [2.24, 2.45) is 40.7 Å². The number of hydrogen-bond donors (Lipinski definition) is 5. The van der Waals surface area contributed by atoms with Crippen LogP contribution < -0.4 is 21.1 Å². The van der Waals surface area contributed by atoms with Crippen LogP contribution >= 0.6 is 0 Å². The molecule has 4 aliphatic carbocycles. The lowest BCUT2D eigenvalue weighted by atomic mass is 9.52. The van der Waals surface area contributed by atoms with E-state index < -0.39 is 95.7 Å². The van der Waals surface area contributed by atoms with E-state index in [0.29, 0.717) is 79.9 Å². The number of ether oxygens (including phenoxy) is 4. The molecule has 502 valence electrons. The highest BCUT2D eigenvalue weighted by Gasteiger charge is 2.58. The van der Waals surface area contributed by atoms with Gasteiger partial charge < -0.3 is 50.4 Å². The molecular weight excluding hydrogens is 1190 g/mol. The van der Waals surface area contributed by atoms with E-state index in [1.54, 1.807) is 43.9 Å². The number of hydrogen-bond acceptors (Lipinski definition) is 14. The normalized spacial score (nSPS) is 31.0. The molecule has 7 rings (SSSR count). The van der Waals surface area contributed by atoms with Crippen LogP contribution in [0.4, 0.5) is 31.5 Å². The molecule has 3 amide bonds. The summed E-state index contributed by atoms with van der Waals surface area (Å²) < 4.78 is 99.1. The molecular formula is C67H96F5N5O12S. The number of nitrogens with one attached hydrogen (secondary N) is 2. The number of nitrogens with zero attached hydrogens (tertiary/aromatic N) is 2. The minimum Gasteiger partial charge on any atom is -0.439 e. The molecule has 0 spiro atoms. The van der Waals surface area contributed by atoms with Gasteiger partial charge in [0.2, 0.25) is 11.6 Å². The number of Topliss-reactive ketones (excluding diaryl/α,β-unsaturated/α-hetero) is 1. The lowest BCUT2D eigenvalue weighted by Gasteiger charge is -2.53. The van der Waals surface area contributed by atoms with E-state index in [1.807, 2.05) is 19.1 Å². The number of ketones is 2. The summed E-state index contributed by atoms with van der Waals surface area (Å²) in [5.41, 5.74) is 8.72. The molecule has 2 heterocycles. The molecule has 17 nitrogen and oxygen atoms in total. The van der Waals surface area contributed by atoms with Crippen molar-refractivity contribution in [2.45, 2.75) is 192 Å². The van der Waals surface area contributed by atoms with Crippen molar-refractivity contribution in [1.29, 1.82) is 0 Å². The first-order valence-electron chi connectivity index (χ1n) is 32.3. The van der Waals surface area contributed by atoms with Crippen LogP contribution in [0.15, 0.2) is 76.7 Å². The minimum absolute atomic E-state index is 0.111. The van der Waals surface area contributed by atoms with E-state index in [0.717, 1.165) is 83.1 Å². The predicted octanol–water partition coefficient (Wildman–Crippen LogP) is 10.5. The van der Waals surface area contributed by atoms with Crippen LogP contribution in [0.2, 0.25) is 0 Å². The maximum absolute atomic E-state index is 14.3.